The number of hydrogen-bond acceptors (Lipinski definition) is 2. The lowest BCUT2D eigenvalue weighted by Gasteiger charge is -2.27. The second-order valence-electron chi connectivity index (χ2n) is 7.62. The van der Waals surface area contributed by atoms with Crippen LogP contribution >= 0.6 is 0 Å². The van der Waals surface area contributed by atoms with Gasteiger partial charge < -0.3 is 9.47 Å². The molecule has 3 rings (SSSR count). The van der Waals surface area contributed by atoms with Crippen LogP contribution in [0.15, 0.2) is 0 Å². The number of ether oxygens (including phenoxy) is 2. The average molecular weight is 294 g/mol. The molecule has 2 heteroatoms. The Morgan fingerprint density at radius 3 is 1.62 bits per heavy atom. The van der Waals surface area contributed by atoms with Gasteiger partial charge in [-0.15, -0.1) is 0 Å². The molecule has 1 aliphatic heterocycles. The first kappa shape index (κ1) is 15.8. The maximum absolute atomic E-state index is 5.99. The fraction of sp³-hybridized carbons (Fsp3) is 1.00. The Balaban J connectivity index is 1.43. The van der Waals surface area contributed by atoms with Gasteiger partial charge in [0, 0.05) is 12.8 Å². The van der Waals surface area contributed by atoms with Gasteiger partial charge in [-0.25, -0.2) is 0 Å². The summed E-state index contributed by atoms with van der Waals surface area (Å²) in [6.45, 7) is 1.62. The van der Waals surface area contributed by atoms with Crippen LogP contribution in [0.3, 0.4) is 0 Å². The summed E-state index contributed by atoms with van der Waals surface area (Å²) in [6, 6.07) is 0. The first-order valence-corrected chi connectivity index (χ1v) is 9.66. The second-order valence-corrected chi connectivity index (χ2v) is 7.62. The zero-order valence-corrected chi connectivity index (χ0v) is 13.8. The summed E-state index contributed by atoms with van der Waals surface area (Å²) in [6.07, 6.45) is 19.3. The minimum Gasteiger partial charge on any atom is -0.348 e. The van der Waals surface area contributed by atoms with Crippen LogP contribution in [0.5, 0.6) is 0 Å². The number of hydrogen-bond donors (Lipinski definition) is 0. The molecular weight excluding hydrogens is 260 g/mol. The SMILES string of the molecule is C1CCCC2CC2CCCCCCC2(CCC1)OCCO2. The Hall–Kier alpha value is -0.0800. The van der Waals surface area contributed by atoms with E-state index < -0.39 is 0 Å². The van der Waals surface area contributed by atoms with Crippen molar-refractivity contribution in [1.82, 2.24) is 0 Å². The predicted octanol–water partition coefficient (Wildman–Crippen LogP) is 5.45. The number of rotatable bonds is 0. The van der Waals surface area contributed by atoms with E-state index in [1.165, 1.54) is 70.6 Å². The molecule has 3 aliphatic rings. The fourth-order valence-corrected chi connectivity index (χ4v) is 4.41. The van der Waals surface area contributed by atoms with Gasteiger partial charge in [-0.1, -0.05) is 57.8 Å². The summed E-state index contributed by atoms with van der Waals surface area (Å²) in [7, 11) is 0. The smallest absolute Gasteiger partial charge is 0.168 e. The van der Waals surface area contributed by atoms with E-state index in [1.807, 2.05) is 0 Å². The Kier molecular flexibility index (Phi) is 5.99. The third-order valence-electron chi connectivity index (χ3n) is 5.90. The van der Waals surface area contributed by atoms with Crippen LogP contribution in [0.4, 0.5) is 0 Å². The lowest BCUT2D eigenvalue weighted by molar-refractivity contribution is -0.168. The predicted molar refractivity (Wildman–Crippen MR) is 86.3 cm³/mol. The summed E-state index contributed by atoms with van der Waals surface area (Å²) >= 11 is 0. The van der Waals surface area contributed by atoms with Gasteiger partial charge in [0.05, 0.1) is 13.2 Å². The first-order chi connectivity index (χ1) is 10.4. The van der Waals surface area contributed by atoms with E-state index in [0.29, 0.717) is 0 Å². The third kappa shape index (κ3) is 4.96. The molecule has 2 unspecified atom stereocenters. The van der Waals surface area contributed by atoms with Gasteiger partial charge in [-0.2, -0.15) is 0 Å². The molecule has 1 spiro atoms. The molecule has 0 aromatic heterocycles. The van der Waals surface area contributed by atoms with E-state index in [0.717, 1.165) is 37.9 Å². The van der Waals surface area contributed by atoms with Crippen molar-refractivity contribution in [2.24, 2.45) is 11.8 Å². The lowest BCUT2D eigenvalue weighted by atomic mass is 9.98. The summed E-state index contributed by atoms with van der Waals surface area (Å²) in [5, 5.41) is 0. The molecular formula is C19H34O2. The zero-order valence-electron chi connectivity index (χ0n) is 13.8. The molecule has 0 N–H and O–H groups in total. The highest BCUT2D eigenvalue weighted by atomic mass is 16.7. The summed E-state index contributed by atoms with van der Waals surface area (Å²) < 4.78 is 12.0. The van der Waals surface area contributed by atoms with Crippen molar-refractivity contribution in [3.63, 3.8) is 0 Å². The van der Waals surface area contributed by atoms with Crippen LogP contribution in [0.1, 0.15) is 89.9 Å². The summed E-state index contributed by atoms with van der Waals surface area (Å²) in [5.74, 6) is 2.02. The van der Waals surface area contributed by atoms with Crippen molar-refractivity contribution in [3.05, 3.63) is 0 Å². The highest BCUT2D eigenvalue weighted by Crippen LogP contribution is 2.46. The molecule has 0 bridgehead atoms. The Labute approximate surface area is 131 Å². The van der Waals surface area contributed by atoms with Crippen molar-refractivity contribution in [2.45, 2.75) is 95.7 Å². The van der Waals surface area contributed by atoms with Gasteiger partial charge in [-0.05, 0) is 31.1 Å². The topological polar surface area (TPSA) is 18.5 Å². The molecule has 2 nitrogen and oxygen atoms in total. The third-order valence-corrected chi connectivity index (χ3v) is 5.90. The van der Waals surface area contributed by atoms with Crippen LogP contribution in [-0.4, -0.2) is 19.0 Å². The monoisotopic (exact) mass is 294 g/mol. The molecule has 0 aromatic rings. The molecule has 2 atom stereocenters. The summed E-state index contributed by atoms with van der Waals surface area (Å²) in [4.78, 5) is 0. The fourth-order valence-electron chi connectivity index (χ4n) is 4.41. The maximum atomic E-state index is 5.99. The Bertz CT molecular complexity index is 296. The van der Waals surface area contributed by atoms with E-state index in [1.54, 1.807) is 6.42 Å². The molecule has 0 amide bonds. The maximum Gasteiger partial charge on any atom is 0.168 e. The van der Waals surface area contributed by atoms with Gasteiger partial charge >= 0.3 is 0 Å². The molecule has 3 fully saturated rings. The van der Waals surface area contributed by atoms with E-state index in [4.69, 9.17) is 9.47 Å². The van der Waals surface area contributed by atoms with Gasteiger partial charge in [-0.3, -0.25) is 0 Å². The zero-order chi connectivity index (χ0) is 14.4. The molecule has 0 aromatic carbocycles. The van der Waals surface area contributed by atoms with Gasteiger partial charge in [0.1, 0.15) is 0 Å². The van der Waals surface area contributed by atoms with E-state index in [2.05, 4.69) is 0 Å². The van der Waals surface area contributed by atoms with Crippen LogP contribution in [0.25, 0.3) is 0 Å². The molecule has 2 saturated carbocycles. The lowest BCUT2D eigenvalue weighted by Crippen LogP contribution is -2.30. The standard InChI is InChI=1S/C19H34O2/c1-2-6-10-17-16-18(17)11-7-3-5-9-13-19(12-8-4-1)20-14-15-21-19/h17-18H,1-16H2. The van der Waals surface area contributed by atoms with E-state index >= 15 is 0 Å². The minimum atomic E-state index is -0.196. The quantitative estimate of drug-likeness (QED) is 0.591. The van der Waals surface area contributed by atoms with Gasteiger partial charge in [0.2, 0.25) is 0 Å². The molecule has 2 aliphatic carbocycles. The van der Waals surface area contributed by atoms with E-state index in [-0.39, 0.29) is 5.79 Å². The molecule has 1 saturated heterocycles. The summed E-state index contributed by atoms with van der Waals surface area (Å²) in [5.41, 5.74) is 0. The molecule has 0 radical (unpaired) electrons. The Morgan fingerprint density at radius 1 is 0.571 bits per heavy atom. The Morgan fingerprint density at radius 2 is 1.05 bits per heavy atom. The first-order valence-electron chi connectivity index (χ1n) is 9.66. The van der Waals surface area contributed by atoms with Crippen LogP contribution in [0.2, 0.25) is 0 Å². The van der Waals surface area contributed by atoms with Crippen LogP contribution in [0, 0.1) is 11.8 Å². The van der Waals surface area contributed by atoms with Crippen LogP contribution < -0.4 is 0 Å². The largest absolute Gasteiger partial charge is 0.348 e. The molecule has 1 heterocycles. The van der Waals surface area contributed by atoms with Crippen molar-refractivity contribution < 1.29 is 9.47 Å². The normalized spacial score (nSPS) is 35.4. The molecule has 122 valence electrons. The van der Waals surface area contributed by atoms with Crippen molar-refractivity contribution in [1.29, 1.82) is 0 Å². The van der Waals surface area contributed by atoms with Crippen molar-refractivity contribution in [3.8, 4) is 0 Å². The average Bonchev–Trinajstić information content (AvgIpc) is 3.06. The van der Waals surface area contributed by atoms with Gasteiger partial charge in [0.25, 0.3) is 0 Å². The molecule has 21 heavy (non-hydrogen) atoms. The number of fused-ring (bicyclic) bond motifs is 1. The van der Waals surface area contributed by atoms with Crippen molar-refractivity contribution >= 4 is 0 Å². The van der Waals surface area contributed by atoms with Crippen molar-refractivity contribution in [2.75, 3.05) is 13.2 Å². The van der Waals surface area contributed by atoms with Crippen LogP contribution in [-0.2, 0) is 9.47 Å². The minimum absolute atomic E-state index is 0.196. The van der Waals surface area contributed by atoms with E-state index in [9.17, 15) is 0 Å². The highest BCUT2D eigenvalue weighted by molar-refractivity contribution is 4.85. The van der Waals surface area contributed by atoms with Gasteiger partial charge in [0.15, 0.2) is 5.79 Å². The highest BCUT2D eigenvalue weighted by Gasteiger charge is 2.36. The second kappa shape index (κ2) is 7.97.